The smallest absolute Gasteiger partial charge is 0.303 e. The normalized spacial score (nSPS) is 11.4. The molecule has 0 fully saturated rings. The Morgan fingerprint density at radius 2 is 1.44 bits per heavy atom. The van der Waals surface area contributed by atoms with Crippen molar-refractivity contribution in [3.63, 3.8) is 0 Å². The topological polar surface area (TPSA) is 73.0 Å². The van der Waals surface area contributed by atoms with Crippen LogP contribution in [0.15, 0.2) is 72.8 Å². The zero-order valence-corrected chi connectivity index (χ0v) is 21.9. The fourth-order valence-electron chi connectivity index (χ4n) is 3.77. The monoisotopic (exact) mass is 512 g/mol. The van der Waals surface area contributed by atoms with Gasteiger partial charge in [-0.2, -0.15) is 12.7 Å². The molecular weight excluding hydrogens is 479 g/mol. The Bertz CT molecular complexity index is 1260. The predicted molar refractivity (Wildman–Crippen MR) is 143 cm³/mol. The minimum atomic E-state index is -3.95. The summed E-state index contributed by atoms with van der Waals surface area (Å²) in [7, 11) is -1.15. The second-order valence-corrected chi connectivity index (χ2v) is 10.5. The highest BCUT2D eigenvalue weighted by Gasteiger charge is 2.27. The lowest BCUT2D eigenvalue weighted by molar-refractivity contribution is 0.0951. The Hall–Kier alpha value is -3.43. The Balaban J connectivity index is 1.69. The molecule has 0 saturated carbocycles. The van der Waals surface area contributed by atoms with Crippen molar-refractivity contribution in [1.82, 2.24) is 9.62 Å². The summed E-state index contributed by atoms with van der Waals surface area (Å²) < 4.78 is 42.3. The van der Waals surface area contributed by atoms with Gasteiger partial charge in [0.1, 0.15) is 5.82 Å². The van der Waals surface area contributed by atoms with Crippen molar-refractivity contribution in [1.29, 1.82) is 0 Å². The number of benzene rings is 3. The van der Waals surface area contributed by atoms with E-state index in [1.165, 1.54) is 32.3 Å². The summed E-state index contributed by atoms with van der Waals surface area (Å²) in [6.45, 7) is 6.40. The van der Waals surface area contributed by atoms with Crippen molar-refractivity contribution < 1.29 is 17.6 Å². The molecule has 0 heterocycles. The summed E-state index contributed by atoms with van der Waals surface area (Å²) in [5.41, 5.74) is 3.16. The van der Waals surface area contributed by atoms with Crippen molar-refractivity contribution in [2.24, 2.45) is 0 Å². The average Bonchev–Trinajstić information content (AvgIpc) is 2.88. The predicted octanol–water partition coefficient (Wildman–Crippen LogP) is 4.41. The third kappa shape index (κ3) is 6.41. The Labute approximate surface area is 213 Å². The van der Waals surface area contributed by atoms with Crippen LogP contribution in [0.25, 0.3) is 0 Å². The summed E-state index contributed by atoms with van der Waals surface area (Å²) in [5.74, 6) is -0.870. The van der Waals surface area contributed by atoms with E-state index >= 15 is 0 Å². The van der Waals surface area contributed by atoms with Crippen LogP contribution in [-0.2, 0) is 23.3 Å². The van der Waals surface area contributed by atoms with Gasteiger partial charge in [0.2, 0.25) is 0 Å². The number of para-hydroxylation sites is 1. The van der Waals surface area contributed by atoms with Crippen molar-refractivity contribution in [2.75, 3.05) is 36.4 Å². The molecule has 0 aromatic heterocycles. The van der Waals surface area contributed by atoms with Crippen LogP contribution in [0.4, 0.5) is 15.8 Å². The number of nitrogens with zero attached hydrogens (tertiary/aromatic N) is 3. The SMILES string of the molecule is CCN(CC)c1ccc(CNC(=O)c2ccc(CN(c3ccccc3F)S(=O)(=O)N(C)C)cc2)cc1. The lowest BCUT2D eigenvalue weighted by Gasteiger charge is -2.27. The van der Waals surface area contributed by atoms with Gasteiger partial charge >= 0.3 is 10.2 Å². The van der Waals surface area contributed by atoms with Crippen LogP contribution in [0.3, 0.4) is 0 Å². The third-order valence-electron chi connectivity index (χ3n) is 5.92. The molecule has 1 N–H and O–H groups in total. The van der Waals surface area contributed by atoms with Crippen molar-refractivity contribution >= 4 is 27.5 Å². The van der Waals surface area contributed by atoms with Gasteiger partial charge in [-0.25, -0.2) is 4.39 Å². The number of carbonyl (C=O) groups is 1. The molecule has 0 radical (unpaired) electrons. The molecule has 192 valence electrons. The molecule has 3 aromatic carbocycles. The number of hydrogen-bond donors (Lipinski definition) is 1. The first-order valence-electron chi connectivity index (χ1n) is 11.8. The number of halogens is 1. The zero-order valence-electron chi connectivity index (χ0n) is 21.1. The number of amides is 1. The van der Waals surface area contributed by atoms with E-state index < -0.39 is 16.0 Å². The van der Waals surface area contributed by atoms with Crippen molar-refractivity contribution in [3.8, 4) is 0 Å². The number of carbonyl (C=O) groups excluding carboxylic acids is 1. The van der Waals surface area contributed by atoms with Gasteiger partial charge in [-0.15, -0.1) is 0 Å². The molecular formula is C27H33FN4O3S. The molecule has 1 amide bonds. The summed E-state index contributed by atoms with van der Waals surface area (Å²) in [5, 5.41) is 2.91. The first-order chi connectivity index (χ1) is 17.2. The molecule has 3 aromatic rings. The van der Waals surface area contributed by atoms with E-state index in [4.69, 9.17) is 0 Å². The second-order valence-electron chi connectivity index (χ2n) is 8.47. The minimum absolute atomic E-state index is 0.0416. The fourth-order valence-corrected chi connectivity index (χ4v) is 4.87. The molecule has 7 nitrogen and oxygen atoms in total. The van der Waals surface area contributed by atoms with Gasteiger partial charge in [-0.05, 0) is 61.4 Å². The van der Waals surface area contributed by atoms with Crippen molar-refractivity contribution in [3.05, 3.63) is 95.3 Å². The van der Waals surface area contributed by atoms with E-state index in [0.29, 0.717) is 17.7 Å². The van der Waals surface area contributed by atoms with Gasteiger partial charge in [0, 0.05) is 45.0 Å². The minimum Gasteiger partial charge on any atom is -0.372 e. The number of rotatable bonds is 11. The highest BCUT2D eigenvalue weighted by Crippen LogP contribution is 2.25. The molecule has 0 unspecified atom stereocenters. The molecule has 0 atom stereocenters. The maximum Gasteiger partial charge on any atom is 0.303 e. The van der Waals surface area contributed by atoms with Crippen molar-refractivity contribution in [2.45, 2.75) is 26.9 Å². The van der Waals surface area contributed by atoms with Gasteiger partial charge in [0.25, 0.3) is 5.91 Å². The van der Waals surface area contributed by atoms with Crippen LogP contribution in [0.2, 0.25) is 0 Å². The van der Waals surface area contributed by atoms with E-state index in [1.807, 2.05) is 24.3 Å². The van der Waals surface area contributed by atoms with Crippen LogP contribution >= 0.6 is 0 Å². The van der Waals surface area contributed by atoms with Crippen LogP contribution in [-0.4, -0.2) is 45.8 Å². The molecule has 0 aliphatic heterocycles. The zero-order chi connectivity index (χ0) is 26.3. The van der Waals surface area contributed by atoms with Crippen LogP contribution < -0.4 is 14.5 Å². The molecule has 3 rings (SSSR count). The van der Waals surface area contributed by atoms with Gasteiger partial charge in [-0.1, -0.05) is 36.4 Å². The second kappa shape index (κ2) is 12.0. The van der Waals surface area contributed by atoms with Gasteiger partial charge in [0.05, 0.1) is 12.2 Å². The quantitative estimate of drug-likeness (QED) is 0.413. The molecule has 0 saturated heterocycles. The van der Waals surface area contributed by atoms with E-state index in [2.05, 4.69) is 24.1 Å². The maximum absolute atomic E-state index is 14.4. The Morgan fingerprint density at radius 3 is 2.00 bits per heavy atom. The van der Waals surface area contributed by atoms with E-state index in [0.717, 1.165) is 33.0 Å². The lowest BCUT2D eigenvalue weighted by atomic mass is 10.1. The summed E-state index contributed by atoms with van der Waals surface area (Å²) >= 11 is 0. The first kappa shape index (κ1) is 27.2. The van der Waals surface area contributed by atoms with Gasteiger partial charge < -0.3 is 10.2 Å². The van der Waals surface area contributed by atoms with Crippen LogP contribution in [0.5, 0.6) is 0 Å². The first-order valence-corrected chi connectivity index (χ1v) is 13.2. The average molecular weight is 513 g/mol. The molecule has 0 aliphatic rings. The Morgan fingerprint density at radius 1 is 0.861 bits per heavy atom. The molecule has 36 heavy (non-hydrogen) atoms. The highest BCUT2D eigenvalue weighted by atomic mass is 32.2. The molecule has 9 heteroatoms. The van der Waals surface area contributed by atoms with Crippen LogP contribution in [0.1, 0.15) is 35.3 Å². The third-order valence-corrected chi connectivity index (χ3v) is 7.73. The standard InChI is InChI=1S/C27H33FN4O3S/c1-5-31(6-2)24-17-13-21(14-18-24)19-29-27(33)23-15-11-22(12-16-23)20-32(36(34,35)30(3)4)26-10-8-7-9-25(26)28/h7-18H,5-6,19-20H2,1-4H3,(H,29,33). The molecule has 0 spiro atoms. The van der Waals surface area contributed by atoms with Gasteiger partial charge in [-0.3, -0.25) is 9.10 Å². The van der Waals surface area contributed by atoms with Gasteiger partial charge in [0.15, 0.2) is 0 Å². The van der Waals surface area contributed by atoms with E-state index in [-0.39, 0.29) is 18.1 Å². The summed E-state index contributed by atoms with van der Waals surface area (Å²) in [6, 6.07) is 20.4. The fraction of sp³-hybridized carbons (Fsp3) is 0.296. The number of anilines is 2. The van der Waals surface area contributed by atoms with E-state index in [9.17, 15) is 17.6 Å². The molecule has 0 aliphatic carbocycles. The Kier molecular flexibility index (Phi) is 9.06. The molecule has 0 bridgehead atoms. The summed E-state index contributed by atoms with van der Waals surface area (Å²) in [6.07, 6.45) is 0. The maximum atomic E-state index is 14.4. The summed E-state index contributed by atoms with van der Waals surface area (Å²) in [4.78, 5) is 14.9. The van der Waals surface area contributed by atoms with E-state index in [1.54, 1.807) is 30.3 Å². The lowest BCUT2D eigenvalue weighted by Crippen LogP contribution is -2.40. The largest absolute Gasteiger partial charge is 0.372 e. The number of hydrogen-bond acceptors (Lipinski definition) is 4. The van der Waals surface area contributed by atoms with Crippen LogP contribution in [0, 0.1) is 5.82 Å². The highest BCUT2D eigenvalue weighted by molar-refractivity contribution is 7.90. The number of nitrogens with one attached hydrogen (secondary N) is 1.